The molecule has 0 aliphatic carbocycles. The molecule has 0 spiro atoms. The topological polar surface area (TPSA) is 79.5 Å². The van der Waals surface area contributed by atoms with E-state index in [1.165, 1.54) is 6.08 Å². The van der Waals surface area contributed by atoms with E-state index in [2.05, 4.69) is 6.07 Å². The van der Waals surface area contributed by atoms with Gasteiger partial charge in [-0.25, -0.2) is 4.79 Å². The Bertz CT molecular complexity index is 773. The molecule has 0 bridgehead atoms. The van der Waals surface area contributed by atoms with E-state index in [1.54, 1.807) is 0 Å². The number of aliphatic carboxylic acids is 1. The molecule has 0 aliphatic rings. The minimum Gasteiger partial charge on any atom is -0.494 e. The molecule has 0 saturated heterocycles. The second-order valence-electron chi connectivity index (χ2n) is 5.99. The van der Waals surface area contributed by atoms with Crippen LogP contribution in [0.4, 0.5) is 0 Å². The lowest BCUT2D eigenvalue weighted by atomic mass is 10.2. The summed E-state index contributed by atoms with van der Waals surface area (Å²) < 4.78 is 11.4. The van der Waals surface area contributed by atoms with Gasteiger partial charge in [0, 0.05) is 12.5 Å². The third-order valence-electron chi connectivity index (χ3n) is 3.83. The highest BCUT2D eigenvalue weighted by Crippen LogP contribution is 2.17. The van der Waals surface area contributed by atoms with E-state index in [1.807, 2.05) is 48.5 Å². The number of rotatable bonds is 11. The van der Waals surface area contributed by atoms with Crippen LogP contribution >= 0.6 is 0 Å². The summed E-state index contributed by atoms with van der Waals surface area (Å²) in [4.78, 5) is 10.5. The van der Waals surface area contributed by atoms with Gasteiger partial charge in [-0.1, -0.05) is 24.3 Å². The number of hydrogen-bond acceptors (Lipinski definition) is 4. The van der Waals surface area contributed by atoms with Crippen molar-refractivity contribution in [2.45, 2.75) is 32.3 Å². The summed E-state index contributed by atoms with van der Waals surface area (Å²) in [5.74, 6) is 0.579. The molecule has 2 aromatic carbocycles. The number of carboxylic acids is 1. The number of carbonyl (C=O) groups is 1. The summed E-state index contributed by atoms with van der Waals surface area (Å²) in [7, 11) is 0. The lowest BCUT2D eigenvalue weighted by Gasteiger charge is -2.09. The van der Waals surface area contributed by atoms with Gasteiger partial charge in [0.2, 0.25) is 0 Å². The second kappa shape index (κ2) is 11.4. The summed E-state index contributed by atoms with van der Waals surface area (Å²) in [6, 6.07) is 17.2. The Kier molecular flexibility index (Phi) is 8.45. The molecular weight excluding hydrogens is 342 g/mol. The summed E-state index contributed by atoms with van der Waals surface area (Å²) >= 11 is 0. The van der Waals surface area contributed by atoms with Crippen LogP contribution in [0.15, 0.2) is 54.6 Å². The number of nitriles is 1. The fourth-order valence-corrected chi connectivity index (χ4v) is 2.36. The quantitative estimate of drug-likeness (QED) is 0.456. The van der Waals surface area contributed by atoms with E-state index in [4.69, 9.17) is 19.8 Å². The van der Waals surface area contributed by atoms with Crippen LogP contribution in [0.1, 0.15) is 36.8 Å². The number of unbranched alkanes of at least 4 members (excludes halogenated alkanes) is 3. The van der Waals surface area contributed by atoms with Crippen molar-refractivity contribution in [3.63, 3.8) is 0 Å². The summed E-state index contributed by atoms with van der Waals surface area (Å²) in [6.45, 7) is 1.10. The van der Waals surface area contributed by atoms with Crippen molar-refractivity contribution in [1.82, 2.24) is 0 Å². The number of carboxylic acid groups (broad SMARTS) is 1. The van der Waals surface area contributed by atoms with Crippen molar-refractivity contribution in [2.75, 3.05) is 6.61 Å². The molecule has 2 aromatic rings. The molecule has 0 atom stereocenters. The van der Waals surface area contributed by atoms with Crippen LogP contribution in [0.25, 0.3) is 6.08 Å². The molecule has 0 saturated carbocycles. The van der Waals surface area contributed by atoms with Gasteiger partial charge in [0.25, 0.3) is 0 Å². The maximum absolute atomic E-state index is 10.5. The smallest absolute Gasteiger partial charge is 0.328 e. The highest BCUT2D eigenvalue weighted by atomic mass is 16.5. The average Bonchev–Trinajstić information content (AvgIpc) is 2.69. The molecule has 0 aromatic heterocycles. The summed E-state index contributed by atoms with van der Waals surface area (Å²) in [6.07, 6.45) is 6.12. The van der Waals surface area contributed by atoms with Crippen LogP contribution < -0.4 is 9.47 Å². The Hall–Kier alpha value is -3.26. The van der Waals surface area contributed by atoms with Crippen molar-refractivity contribution in [3.8, 4) is 17.6 Å². The van der Waals surface area contributed by atoms with Crippen LogP contribution in [0.5, 0.6) is 11.5 Å². The SMILES string of the molecule is N#CCCCCCOc1ccc(COc2ccc(/C=C/C(=O)O)cc2)cc1. The number of hydrogen-bond donors (Lipinski definition) is 1. The van der Waals surface area contributed by atoms with Gasteiger partial charge in [-0.15, -0.1) is 0 Å². The molecule has 0 unspecified atom stereocenters. The van der Waals surface area contributed by atoms with Gasteiger partial charge in [0.15, 0.2) is 0 Å². The molecule has 0 radical (unpaired) electrons. The molecule has 5 nitrogen and oxygen atoms in total. The van der Waals surface area contributed by atoms with Crippen molar-refractivity contribution in [2.24, 2.45) is 0 Å². The molecule has 0 heterocycles. The Balaban J connectivity index is 1.73. The first-order valence-corrected chi connectivity index (χ1v) is 8.90. The van der Waals surface area contributed by atoms with Crippen LogP contribution in [0, 0.1) is 11.3 Å². The van der Waals surface area contributed by atoms with E-state index in [0.717, 1.165) is 48.0 Å². The maximum atomic E-state index is 10.5. The Morgan fingerprint density at radius 2 is 1.63 bits per heavy atom. The number of ether oxygens (including phenoxy) is 2. The highest BCUT2D eigenvalue weighted by molar-refractivity contribution is 5.85. The first kappa shape index (κ1) is 20.1. The zero-order valence-electron chi connectivity index (χ0n) is 15.1. The first-order valence-electron chi connectivity index (χ1n) is 8.90. The molecular formula is C22H23NO4. The molecule has 5 heteroatoms. The molecule has 2 rings (SSSR count). The third-order valence-corrected chi connectivity index (χ3v) is 3.83. The van der Waals surface area contributed by atoms with Crippen molar-refractivity contribution < 1.29 is 19.4 Å². The van der Waals surface area contributed by atoms with E-state index in [0.29, 0.717) is 19.6 Å². The Labute approximate surface area is 159 Å². The summed E-state index contributed by atoms with van der Waals surface area (Å²) in [5, 5.41) is 17.1. The standard InChI is InChI=1S/C22H23NO4/c23-15-3-1-2-4-16-26-20-12-7-19(8-13-20)17-27-21-10-5-18(6-11-21)9-14-22(24)25/h5-14H,1-4,16-17H2,(H,24,25)/b14-9+. The van der Waals surface area contributed by atoms with E-state index in [9.17, 15) is 4.79 Å². The number of nitrogens with zero attached hydrogens (tertiary/aromatic N) is 1. The first-order chi connectivity index (χ1) is 13.2. The fraction of sp³-hybridized carbons (Fsp3) is 0.273. The van der Waals surface area contributed by atoms with Gasteiger partial charge in [-0.05, 0) is 60.7 Å². The van der Waals surface area contributed by atoms with Gasteiger partial charge in [-0.3, -0.25) is 0 Å². The molecule has 0 fully saturated rings. The lowest BCUT2D eigenvalue weighted by Crippen LogP contribution is -1.98. The van der Waals surface area contributed by atoms with Gasteiger partial charge in [0.1, 0.15) is 18.1 Å². The lowest BCUT2D eigenvalue weighted by molar-refractivity contribution is -0.131. The van der Waals surface area contributed by atoms with E-state index >= 15 is 0 Å². The normalized spacial score (nSPS) is 10.5. The summed E-state index contributed by atoms with van der Waals surface area (Å²) in [5.41, 5.74) is 1.84. The highest BCUT2D eigenvalue weighted by Gasteiger charge is 1.99. The fourth-order valence-electron chi connectivity index (χ4n) is 2.36. The van der Waals surface area contributed by atoms with Gasteiger partial charge < -0.3 is 14.6 Å². The average molecular weight is 365 g/mol. The maximum Gasteiger partial charge on any atom is 0.328 e. The monoisotopic (exact) mass is 365 g/mol. The van der Waals surface area contributed by atoms with Crippen LogP contribution in [0.2, 0.25) is 0 Å². The predicted octanol–water partition coefficient (Wildman–Crippen LogP) is 4.83. The molecule has 0 amide bonds. The van der Waals surface area contributed by atoms with Gasteiger partial charge >= 0.3 is 5.97 Å². The van der Waals surface area contributed by atoms with Gasteiger partial charge in [0.05, 0.1) is 12.7 Å². The molecule has 0 aliphatic heterocycles. The van der Waals surface area contributed by atoms with Crippen molar-refractivity contribution >= 4 is 12.0 Å². The Morgan fingerprint density at radius 3 is 2.30 bits per heavy atom. The molecule has 1 N–H and O–H groups in total. The zero-order chi connectivity index (χ0) is 19.3. The third kappa shape index (κ3) is 8.10. The van der Waals surface area contributed by atoms with Crippen LogP contribution in [0.3, 0.4) is 0 Å². The minimum absolute atomic E-state index is 0.443. The van der Waals surface area contributed by atoms with E-state index < -0.39 is 5.97 Å². The number of benzene rings is 2. The van der Waals surface area contributed by atoms with Crippen LogP contribution in [-0.4, -0.2) is 17.7 Å². The zero-order valence-corrected chi connectivity index (χ0v) is 15.1. The van der Waals surface area contributed by atoms with Gasteiger partial charge in [-0.2, -0.15) is 5.26 Å². The second-order valence-corrected chi connectivity index (χ2v) is 5.99. The van der Waals surface area contributed by atoms with Crippen molar-refractivity contribution in [3.05, 3.63) is 65.7 Å². The van der Waals surface area contributed by atoms with Crippen LogP contribution in [-0.2, 0) is 11.4 Å². The van der Waals surface area contributed by atoms with Crippen molar-refractivity contribution in [1.29, 1.82) is 5.26 Å². The molecule has 27 heavy (non-hydrogen) atoms. The molecule has 140 valence electrons. The Morgan fingerprint density at radius 1 is 0.963 bits per heavy atom. The van der Waals surface area contributed by atoms with E-state index in [-0.39, 0.29) is 0 Å². The largest absolute Gasteiger partial charge is 0.494 e. The predicted molar refractivity (Wildman–Crippen MR) is 103 cm³/mol. The minimum atomic E-state index is -0.971.